The molecule has 3 aromatic heterocycles. The Hall–Kier alpha value is -2.26. The Morgan fingerprint density at radius 3 is 2.58 bits per heavy atom. The number of nitrogens with two attached hydrogens (primary N) is 1. The number of carbonyl (C=O) groups excluding carboxylic acids is 1. The van der Waals surface area contributed by atoms with E-state index >= 15 is 0 Å². The topological polar surface area (TPSA) is 90.4 Å². The van der Waals surface area contributed by atoms with Crippen molar-refractivity contribution in [2.24, 2.45) is 0 Å². The molecular formula is C16H8Cl2N4O2S2. The summed E-state index contributed by atoms with van der Waals surface area (Å²) in [5.74, 6) is -0.318. The van der Waals surface area contributed by atoms with Gasteiger partial charge in [0.1, 0.15) is 5.82 Å². The van der Waals surface area contributed by atoms with Crippen molar-refractivity contribution >= 4 is 68.5 Å². The number of nitrogen functional groups attached to an aromatic ring is 1. The lowest BCUT2D eigenvalue weighted by Gasteiger charge is -2.07. The number of hydrogen-bond donors (Lipinski definition) is 1. The van der Waals surface area contributed by atoms with Crippen molar-refractivity contribution in [3.63, 3.8) is 0 Å². The number of aromatic nitrogens is 3. The SMILES string of the molecule is Nc1c(C=C2C=C(Cl)C(=O)C(Cl)=C2)c(=O)nc2sc(-c3cccs3)nn12. The zero-order valence-electron chi connectivity index (χ0n) is 12.8. The minimum absolute atomic E-state index is 0.0369. The molecule has 0 unspecified atom stereocenters. The molecule has 0 saturated carbocycles. The molecule has 0 radical (unpaired) electrons. The van der Waals surface area contributed by atoms with Crippen molar-refractivity contribution in [3.8, 4) is 9.88 Å². The summed E-state index contributed by atoms with van der Waals surface area (Å²) in [6.45, 7) is 0. The van der Waals surface area contributed by atoms with Crippen LogP contribution < -0.4 is 11.3 Å². The average Bonchev–Trinajstić information content (AvgIpc) is 3.25. The predicted octanol–water partition coefficient (Wildman–Crippen LogP) is 3.67. The molecule has 3 heterocycles. The van der Waals surface area contributed by atoms with Crippen LogP contribution >= 0.6 is 45.9 Å². The van der Waals surface area contributed by atoms with Crippen LogP contribution in [0.5, 0.6) is 0 Å². The van der Waals surface area contributed by atoms with Crippen LogP contribution in [0.3, 0.4) is 0 Å². The third kappa shape index (κ3) is 2.90. The first-order valence-corrected chi connectivity index (χ1v) is 9.63. The normalized spacial score (nSPS) is 14.5. The highest BCUT2D eigenvalue weighted by atomic mass is 35.5. The molecule has 3 aromatic rings. The van der Waals surface area contributed by atoms with Crippen LogP contribution in [-0.4, -0.2) is 20.4 Å². The maximum atomic E-state index is 12.4. The van der Waals surface area contributed by atoms with Gasteiger partial charge in [-0.3, -0.25) is 9.59 Å². The molecule has 0 aliphatic heterocycles. The second-order valence-electron chi connectivity index (χ2n) is 5.25. The minimum Gasteiger partial charge on any atom is -0.383 e. The summed E-state index contributed by atoms with van der Waals surface area (Å²) in [4.78, 5) is 29.4. The molecule has 2 N–H and O–H groups in total. The minimum atomic E-state index is -0.498. The van der Waals surface area contributed by atoms with Gasteiger partial charge in [0.15, 0.2) is 5.01 Å². The summed E-state index contributed by atoms with van der Waals surface area (Å²) >= 11 is 14.5. The standard InChI is InChI=1S/C16H8Cl2N4O2S2/c17-9-5-7(6-10(18)12(9)23)4-8-13(19)22-16(20-14(8)24)26-15(21-22)11-2-1-3-25-11/h1-6H,19H2. The van der Waals surface area contributed by atoms with Crippen LogP contribution in [0.1, 0.15) is 5.56 Å². The third-order valence-electron chi connectivity index (χ3n) is 3.56. The Bertz CT molecular complexity index is 1180. The average molecular weight is 423 g/mol. The number of Topliss-reactive ketones (excluding diaryl/α,β-unsaturated/α-hetero) is 1. The fourth-order valence-electron chi connectivity index (χ4n) is 2.35. The number of ketones is 1. The molecule has 0 aromatic carbocycles. The molecule has 10 heteroatoms. The van der Waals surface area contributed by atoms with Gasteiger partial charge in [0.25, 0.3) is 5.56 Å². The number of anilines is 1. The van der Waals surface area contributed by atoms with Gasteiger partial charge in [0.2, 0.25) is 10.7 Å². The summed E-state index contributed by atoms with van der Waals surface area (Å²) in [6, 6.07) is 3.84. The van der Waals surface area contributed by atoms with Crippen molar-refractivity contribution in [1.82, 2.24) is 14.6 Å². The Kier molecular flexibility index (Phi) is 4.28. The largest absolute Gasteiger partial charge is 0.383 e. The van der Waals surface area contributed by atoms with E-state index in [0.717, 1.165) is 9.88 Å². The Morgan fingerprint density at radius 1 is 1.19 bits per heavy atom. The molecule has 1 aliphatic carbocycles. The van der Waals surface area contributed by atoms with Gasteiger partial charge in [0, 0.05) is 0 Å². The number of nitrogens with zero attached hydrogens (tertiary/aromatic N) is 3. The molecule has 1 aliphatic rings. The van der Waals surface area contributed by atoms with E-state index in [0.29, 0.717) is 10.5 Å². The first-order chi connectivity index (χ1) is 12.4. The van der Waals surface area contributed by atoms with Crippen LogP contribution in [-0.2, 0) is 4.79 Å². The van der Waals surface area contributed by atoms with Crippen molar-refractivity contribution in [3.05, 3.63) is 61.2 Å². The van der Waals surface area contributed by atoms with Gasteiger partial charge in [-0.15, -0.1) is 11.3 Å². The quantitative estimate of drug-likeness (QED) is 0.679. The first-order valence-electron chi connectivity index (χ1n) is 7.18. The van der Waals surface area contributed by atoms with E-state index in [-0.39, 0.29) is 21.4 Å². The van der Waals surface area contributed by atoms with E-state index < -0.39 is 11.3 Å². The van der Waals surface area contributed by atoms with Crippen molar-refractivity contribution in [2.45, 2.75) is 0 Å². The molecule has 0 bridgehead atoms. The van der Waals surface area contributed by atoms with Gasteiger partial charge >= 0.3 is 0 Å². The molecule has 0 atom stereocenters. The number of fused-ring (bicyclic) bond motifs is 1. The highest BCUT2D eigenvalue weighted by Gasteiger charge is 2.19. The summed E-state index contributed by atoms with van der Waals surface area (Å²) in [5.41, 5.74) is 6.27. The Labute approximate surface area is 164 Å². The van der Waals surface area contributed by atoms with E-state index in [4.69, 9.17) is 28.9 Å². The number of rotatable bonds is 2. The van der Waals surface area contributed by atoms with E-state index in [1.807, 2.05) is 17.5 Å². The van der Waals surface area contributed by atoms with Gasteiger partial charge in [0.05, 0.1) is 20.5 Å². The molecule has 6 nitrogen and oxygen atoms in total. The number of allylic oxidation sites excluding steroid dienone is 5. The lowest BCUT2D eigenvalue weighted by molar-refractivity contribution is -0.111. The fourth-order valence-corrected chi connectivity index (χ4v) is 4.54. The number of thiophene rings is 1. The molecule has 4 rings (SSSR count). The predicted molar refractivity (Wildman–Crippen MR) is 106 cm³/mol. The van der Waals surface area contributed by atoms with Crippen LogP contribution in [0.2, 0.25) is 0 Å². The van der Waals surface area contributed by atoms with Crippen LogP contribution in [0.15, 0.2) is 50.1 Å². The van der Waals surface area contributed by atoms with Crippen molar-refractivity contribution < 1.29 is 4.79 Å². The maximum Gasteiger partial charge on any atom is 0.283 e. The number of carbonyl (C=O) groups is 1. The molecule has 0 saturated heterocycles. The fraction of sp³-hybridized carbons (Fsp3) is 0. The van der Waals surface area contributed by atoms with Crippen LogP contribution in [0.25, 0.3) is 20.9 Å². The highest BCUT2D eigenvalue weighted by Crippen LogP contribution is 2.30. The third-order valence-corrected chi connectivity index (χ3v) is 6.06. The van der Waals surface area contributed by atoms with Crippen LogP contribution in [0, 0.1) is 0 Å². The lowest BCUT2D eigenvalue weighted by atomic mass is 10.1. The second-order valence-corrected chi connectivity index (χ2v) is 7.97. The highest BCUT2D eigenvalue weighted by molar-refractivity contribution is 7.23. The van der Waals surface area contributed by atoms with E-state index in [9.17, 15) is 9.59 Å². The molecule has 26 heavy (non-hydrogen) atoms. The first kappa shape index (κ1) is 17.2. The Balaban J connectivity index is 1.88. The van der Waals surface area contributed by atoms with Gasteiger partial charge in [-0.1, -0.05) is 40.6 Å². The molecule has 0 amide bonds. The summed E-state index contributed by atoms with van der Waals surface area (Å²) in [7, 11) is 0. The summed E-state index contributed by atoms with van der Waals surface area (Å²) in [5, 5.41) is 7.03. The van der Waals surface area contributed by atoms with Gasteiger partial charge in [-0.05, 0) is 35.2 Å². The van der Waals surface area contributed by atoms with Crippen molar-refractivity contribution in [1.29, 1.82) is 0 Å². The summed E-state index contributed by atoms with van der Waals surface area (Å²) < 4.78 is 1.43. The van der Waals surface area contributed by atoms with Gasteiger partial charge in [-0.2, -0.15) is 14.6 Å². The maximum absolute atomic E-state index is 12.4. The van der Waals surface area contributed by atoms with E-state index in [1.54, 1.807) is 0 Å². The van der Waals surface area contributed by atoms with Gasteiger partial charge < -0.3 is 5.73 Å². The second kappa shape index (κ2) is 6.48. The molecule has 130 valence electrons. The zero-order chi connectivity index (χ0) is 18.4. The van der Waals surface area contributed by atoms with E-state index in [2.05, 4.69) is 10.1 Å². The van der Waals surface area contributed by atoms with Crippen LogP contribution in [0.4, 0.5) is 5.82 Å². The zero-order valence-corrected chi connectivity index (χ0v) is 15.9. The number of halogens is 2. The molecular weight excluding hydrogens is 415 g/mol. The summed E-state index contributed by atoms with van der Waals surface area (Å²) in [6.07, 6.45) is 4.32. The lowest BCUT2D eigenvalue weighted by Crippen LogP contribution is -2.17. The van der Waals surface area contributed by atoms with E-state index in [1.165, 1.54) is 45.4 Å². The van der Waals surface area contributed by atoms with Gasteiger partial charge in [-0.25, -0.2) is 0 Å². The smallest absolute Gasteiger partial charge is 0.283 e. The molecule has 0 fully saturated rings. The molecule has 0 spiro atoms. The number of hydrogen-bond acceptors (Lipinski definition) is 7. The van der Waals surface area contributed by atoms with Crippen molar-refractivity contribution in [2.75, 3.05) is 5.73 Å². The monoisotopic (exact) mass is 422 g/mol. The Morgan fingerprint density at radius 2 is 1.92 bits per heavy atom.